The zero-order valence-electron chi connectivity index (χ0n) is 18.3. The van der Waals surface area contributed by atoms with Gasteiger partial charge in [0.15, 0.2) is 0 Å². The van der Waals surface area contributed by atoms with Crippen molar-refractivity contribution in [2.75, 3.05) is 25.5 Å². The van der Waals surface area contributed by atoms with E-state index in [-0.39, 0.29) is 23.5 Å². The molecular formula is C24H23ClF3N3O3. The van der Waals surface area contributed by atoms with Crippen LogP contribution in [0.2, 0.25) is 5.02 Å². The summed E-state index contributed by atoms with van der Waals surface area (Å²) in [7, 11) is 1.33. The number of piperidine rings is 1. The summed E-state index contributed by atoms with van der Waals surface area (Å²) < 4.78 is 43.8. The topological polar surface area (TPSA) is 82.5 Å². The molecule has 2 aromatic rings. The fourth-order valence-electron chi connectivity index (χ4n) is 3.59. The van der Waals surface area contributed by atoms with E-state index in [1.807, 2.05) is 0 Å². The SMILES string of the molecule is COC(=O)C1CCN(C(=O)c2ccc(/C(=C/C(=N)C(F)(F)F)Nc3ccccc3Cl)cc2)CC1. The number of ether oxygens (including phenoxy) is 1. The highest BCUT2D eigenvalue weighted by Gasteiger charge is 2.33. The molecule has 1 heterocycles. The number of hydrogen-bond donors (Lipinski definition) is 2. The normalized spacial score (nSPS) is 15.1. The molecule has 1 aliphatic heterocycles. The number of carbonyl (C=O) groups excluding carboxylic acids is 2. The van der Waals surface area contributed by atoms with Crippen molar-refractivity contribution in [3.63, 3.8) is 0 Å². The number of rotatable bonds is 6. The van der Waals surface area contributed by atoms with Gasteiger partial charge in [0.05, 0.1) is 23.7 Å². The second kappa shape index (κ2) is 10.7. The van der Waals surface area contributed by atoms with Crippen LogP contribution < -0.4 is 5.32 Å². The minimum atomic E-state index is -4.82. The van der Waals surface area contributed by atoms with Gasteiger partial charge in [0.1, 0.15) is 5.71 Å². The number of hydrogen-bond acceptors (Lipinski definition) is 5. The van der Waals surface area contributed by atoms with Gasteiger partial charge < -0.3 is 15.0 Å². The third-order valence-electron chi connectivity index (χ3n) is 5.50. The van der Waals surface area contributed by atoms with E-state index in [2.05, 4.69) is 5.32 Å². The summed E-state index contributed by atoms with van der Waals surface area (Å²) in [5, 5.41) is 10.5. The lowest BCUT2D eigenvalue weighted by Gasteiger charge is -2.30. The number of carbonyl (C=O) groups is 2. The predicted molar refractivity (Wildman–Crippen MR) is 124 cm³/mol. The Bertz CT molecular complexity index is 1090. The number of benzene rings is 2. The van der Waals surface area contributed by atoms with Crippen LogP contribution in [0.1, 0.15) is 28.8 Å². The number of methoxy groups -OCH3 is 1. The minimum absolute atomic E-state index is 0.00770. The molecule has 1 aliphatic rings. The molecule has 0 aromatic heterocycles. The van der Waals surface area contributed by atoms with Crippen LogP contribution in [0.5, 0.6) is 0 Å². The lowest BCUT2D eigenvalue weighted by atomic mass is 9.96. The Balaban J connectivity index is 1.80. The van der Waals surface area contributed by atoms with E-state index in [0.717, 1.165) is 0 Å². The van der Waals surface area contributed by atoms with Crippen molar-refractivity contribution in [2.45, 2.75) is 19.0 Å². The van der Waals surface area contributed by atoms with Crippen molar-refractivity contribution in [3.8, 4) is 0 Å². The molecule has 180 valence electrons. The standard InChI is InChI=1S/C24H23ClF3N3O3/c1-34-23(33)17-10-12-31(13-11-17)22(32)16-8-6-15(7-9-16)20(14-21(29)24(26,27)28)30-19-5-3-2-4-18(19)25/h2-9,14,17,29-30H,10-13H2,1H3/b20-14-,29-21?. The highest BCUT2D eigenvalue weighted by atomic mass is 35.5. The summed E-state index contributed by atoms with van der Waals surface area (Å²) in [6, 6.07) is 12.6. The number of alkyl halides is 3. The van der Waals surface area contributed by atoms with Gasteiger partial charge in [-0.15, -0.1) is 0 Å². The Morgan fingerprint density at radius 1 is 1.09 bits per heavy atom. The first-order chi connectivity index (χ1) is 16.1. The van der Waals surface area contributed by atoms with Crippen LogP contribution in [0.25, 0.3) is 5.70 Å². The molecule has 0 saturated carbocycles. The van der Waals surface area contributed by atoms with Crippen LogP contribution in [0.15, 0.2) is 54.6 Å². The minimum Gasteiger partial charge on any atom is -0.469 e. The molecule has 0 spiro atoms. The molecule has 1 fully saturated rings. The summed E-state index contributed by atoms with van der Waals surface area (Å²) in [5.74, 6) is -0.752. The van der Waals surface area contributed by atoms with E-state index in [1.165, 1.54) is 31.4 Å². The van der Waals surface area contributed by atoms with Crippen molar-refractivity contribution in [1.29, 1.82) is 5.41 Å². The van der Waals surface area contributed by atoms with Crippen molar-refractivity contribution >= 4 is 40.6 Å². The zero-order valence-corrected chi connectivity index (χ0v) is 19.0. The molecule has 6 nitrogen and oxygen atoms in total. The maximum absolute atomic E-state index is 13.0. The highest BCUT2D eigenvalue weighted by molar-refractivity contribution is 6.33. The molecule has 10 heteroatoms. The maximum Gasteiger partial charge on any atom is 0.432 e. The fourth-order valence-corrected chi connectivity index (χ4v) is 3.77. The van der Waals surface area contributed by atoms with E-state index in [0.29, 0.717) is 53.8 Å². The third kappa shape index (κ3) is 6.17. The summed E-state index contributed by atoms with van der Waals surface area (Å²) in [5.41, 5.74) is -0.443. The predicted octanol–water partition coefficient (Wildman–Crippen LogP) is 5.40. The molecule has 0 radical (unpaired) electrons. The van der Waals surface area contributed by atoms with Crippen molar-refractivity contribution in [1.82, 2.24) is 4.90 Å². The molecule has 0 bridgehead atoms. The quantitative estimate of drug-likeness (QED) is 0.417. The van der Waals surface area contributed by atoms with Crippen molar-refractivity contribution in [2.24, 2.45) is 5.92 Å². The highest BCUT2D eigenvalue weighted by Crippen LogP contribution is 2.28. The Labute approximate surface area is 199 Å². The second-order valence-electron chi connectivity index (χ2n) is 7.74. The van der Waals surface area contributed by atoms with Gasteiger partial charge in [0.25, 0.3) is 5.91 Å². The number of amides is 1. The smallest absolute Gasteiger partial charge is 0.432 e. The van der Waals surface area contributed by atoms with Crippen LogP contribution in [0, 0.1) is 11.3 Å². The van der Waals surface area contributed by atoms with Crippen LogP contribution in [0.4, 0.5) is 18.9 Å². The second-order valence-corrected chi connectivity index (χ2v) is 8.15. The van der Waals surface area contributed by atoms with Gasteiger partial charge >= 0.3 is 12.1 Å². The maximum atomic E-state index is 13.0. The molecule has 0 aliphatic carbocycles. The molecule has 0 unspecified atom stereocenters. The van der Waals surface area contributed by atoms with Crippen LogP contribution in [-0.4, -0.2) is 48.9 Å². The molecule has 2 N–H and O–H groups in total. The Morgan fingerprint density at radius 3 is 2.24 bits per heavy atom. The van der Waals surface area contributed by atoms with Gasteiger partial charge in [0.2, 0.25) is 0 Å². The summed E-state index contributed by atoms with van der Waals surface area (Å²) in [4.78, 5) is 26.2. The van der Waals surface area contributed by atoms with Crippen LogP contribution >= 0.6 is 11.6 Å². The number of anilines is 1. The van der Waals surface area contributed by atoms with Crippen LogP contribution in [-0.2, 0) is 9.53 Å². The average molecular weight is 494 g/mol. The summed E-state index contributed by atoms with van der Waals surface area (Å²) >= 11 is 6.13. The van der Waals surface area contributed by atoms with E-state index in [1.54, 1.807) is 29.2 Å². The van der Waals surface area contributed by atoms with Crippen molar-refractivity contribution < 1.29 is 27.5 Å². The van der Waals surface area contributed by atoms with Gasteiger partial charge in [-0.2, -0.15) is 13.2 Å². The van der Waals surface area contributed by atoms with E-state index < -0.39 is 11.9 Å². The molecule has 1 saturated heterocycles. The molecule has 3 rings (SSSR count). The number of halogens is 4. The van der Waals surface area contributed by atoms with Crippen LogP contribution in [0.3, 0.4) is 0 Å². The summed E-state index contributed by atoms with van der Waals surface area (Å²) in [6.45, 7) is 0.810. The number of esters is 1. The van der Waals surface area contributed by atoms with E-state index in [9.17, 15) is 22.8 Å². The lowest BCUT2D eigenvalue weighted by molar-refractivity contribution is -0.146. The lowest BCUT2D eigenvalue weighted by Crippen LogP contribution is -2.40. The first kappa shape index (κ1) is 25.3. The average Bonchev–Trinajstić information content (AvgIpc) is 2.83. The third-order valence-corrected chi connectivity index (χ3v) is 5.83. The number of allylic oxidation sites excluding steroid dienone is 1. The molecule has 34 heavy (non-hydrogen) atoms. The van der Waals surface area contributed by atoms with Crippen molar-refractivity contribution in [3.05, 3.63) is 70.8 Å². The van der Waals surface area contributed by atoms with E-state index in [4.69, 9.17) is 21.7 Å². The molecule has 2 aromatic carbocycles. The van der Waals surface area contributed by atoms with Gasteiger partial charge in [-0.05, 0) is 48.7 Å². The fraction of sp³-hybridized carbons (Fsp3) is 0.292. The van der Waals surface area contributed by atoms with Gasteiger partial charge in [-0.1, -0.05) is 35.9 Å². The van der Waals surface area contributed by atoms with Gasteiger partial charge in [0, 0.05) is 24.4 Å². The first-order valence-electron chi connectivity index (χ1n) is 10.5. The Kier molecular flexibility index (Phi) is 7.98. The zero-order chi connectivity index (χ0) is 24.9. The largest absolute Gasteiger partial charge is 0.469 e. The number of nitrogens with zero attached hydrogens (tertiary/aromatic N) is 1. The van der Waals surface area contributed by atoms with Gasteiger partial charge in [-0.3, -0.25) is 15.0 Å². The van der Waals surface area contributed by atoms with E-state index >= 15 is 0 Å². The molecule has 1 amide bonds. The number of para-hydroxylation sites is 1. The number of likely N-dealkylation sites (tertiary alicyclic amines) is 1. The molecular weight excluding hydrogens is 471 g/mol. The van der Waals surface area contributed by atoms with Gasteiger partial charge in [-0.25, -0.2) is 0 Å². The Hall–Kier alpha value is -3.33. The Morgan fingerprint density at radius 2 is 1.68 bits per heavy atom. The summed E-state index contributed by atoms with van der Waals surface area (Å²) in [6.07, 6.45) is -3.13. The molecule has 0 atom stereocenters. The number of nitrogens with one attached hydrogen (secondary N) is 2. The monoisotopic (exact) mass is 493 g/mol. The first-order valence-corrected chi connectivity index (χ1v) is 10.8.